The number of anilines is 1. The zero-order valence-electron chi connectivity index (χ0n) is 18.6. The number of fused-ring (bicyclic) bond motifs is 1. The molecule has 1 aromatic carbocycles. The highest BCUT2D eigenvalue weighted by Crippen LogP contribution is 2.18. The largest absolute Gasteiger partial charge is 0.461 e. The molecule has 0 aliphatic rings. The summed E-state index contributed by atoms with van der Waals surface area (Å²) in [5, 5.41) is 6.22. The highest BCUT2D eigenvalue weighted by Gasteiger charge is 2.15. The summed E-state index contributed by atoms with van der Waals surface area (Å²) in [6, 6.07) is 6.89. The van der Waals surface area contributed by atoms with Gasteiger partial charge in [0.05, 0.1) is 26.4 Å². The molecule has 5 N–H and O–H groups in total. The lowest BCUT2D eigenvalue weighted by molar-refractivity contribution is 0.0919. The van der Waals surface area contributed by atoms with Gasteiger partial charge in [0.25, 0.3) is 5.91 Å². The molecule has 0 spiro atoms. The van der Waals surface area contributed by atoms with Crippen LogP contribution in [-0.4, -0.2) is 72.1 Å². The number of amides is 1. The van der Waals surface area contributed by atoms with E-state index in [1.54, 1.807) is 31.4 Å². The number of imidazole rings is 1. The fraction of sp³-hybridized carbons (Fsp3) is 0.400. The van der Waals surface area contributed by atoms with E-state index in [1.807, 2.05) is 0 Å². The number of aromatic nitrogens is 4. The van der Waals surface area contributed by atoms with E-state index < -0.39 is 5.69 Å². The maximum absolute atomic E-state index is 12.5. The van der Waals surface area contributed by atoms with Gasteiger partial charge in [-0.05, 0) is 17.7 Å². The normalized spacial score (nSPS) is 10.7. The molecule has 0 radical (unpaired) electrons. The van der Waals surface area contributed by atoms with Gasteiger partial charge in [0.15, 0.2) is 11.5 Å². The number of nitrogens with two attached hydrogens (primary N) is 1. The van der Waals surface area contributed by atoms with Gasteiger partial charge in [0, 0.05) is 19.2 Å². The quantitative estimate of drug-likeness (QED) is 0.152. The highest BCUT2D eigenvalue weighted by atomic mass is 16.5. The number of carbonyl (C=O) groups excluding carboxylic acids is 1. The number of nitrogens with zero attached hydrogens (tertiary/aromatic N) is 5. The summed E-state index contributed by atoms with van der Waals surface area (Å²) in [4.78, 5) is 38.7. The van der Waals surface area contributed by atoms with Crippen molar-refractivity contribution in [3.63, 3.8) is 0 Å². The lowest BCUT2D eigenvalue weighted by Gasteiger charge is -2.08. The van der Waals surface area contributed by atoms with Gasteiger partial charge in [-0.1, -0.05) is 12.1 Å². The lowest BCUT2D eigenvalue weighted by atomic mass is 10.1. The summed E-state index contributed by atoms with van der Waals surface area (Å²) in [5.41, 5.74) is 14.0. The Balaban J connectivity index is 1.63. The van der Waals surface area contributed by atoms with E-state index in [-0.39, 0.29) is 30.9 Å². The van der Waals surface area contributed by atoms with Crippen molar-refractivity contribution < 1.29 is 19.0 Å². The molecule has 14 nitrogen and oxygen atoms in total. The molecule has 0 atom stereocenters. The van der Waals surface area contributed by atoms with E-state index >= 15 is 0 Å². The summed E-state index contributed by atoms with van der Waals surface area (Å²) >= 11 is 0. The van der Waals surface area contributed by atoms with Crippen LogP contribution in [0.3, 0.4) is 0 Å². The van der Waals surface area contributed by atoms with Crippen LogP contribution in [0.25, 0.3) is 11.2 Å². The van der Waals surface area contributed by atoms with Gasteiger partial charge in [-0.2, -0.15) is 9.97 Å². The molecule has 14 heteroatoms. The maximum Gasteiger partial charge on any atom is 0.328 e. The van der Waals surface area contributed by atoms with E-state index in [4.69, 9.17) is 25.5 Å². The van der Waals surface area contributed by atoms with Gasteiger partial charge < -0.3 is 30.2 Å². The molecule has 2 aromatic heterocycles. The minimum atomic E-state index is -0.393. The summed E-state index contributed by atoms with van der Waals surface area (Å²) in [6.07, 6.45) is 0. The monoisotopic (exact) mass is 472 g/mol. The summed E-state index contributed by atoms with van der Waals surface area (Å²) < 4.78 is 17.1. The number of nitrogens with one attached hydrogen (secondary N) is 3. The zero-order chi connectivity index (χ0) is 24.3. The van der Waals surface area contributed by atoms with Gasteiger partial charge in [0.1, 0.15) is 29.3 Å². The molecular formula is C20H26N9O5+. The van der Waals surface area contributed by atoms with Crippen molar-refractivity contribution in [3.05, 3.63) is 45.9 Å². The van der Waals surface area contributed by atoms with Crippen LogP contribution in [-0.2, 0) is 16.0 Å². The summed E-state index contributed by atoms with van der Waals surface area (Å²) in [7, 11) is 1.55. The third kappa shape index (κ3) is 6.45. The minimum absolute atomic E-state index is 0.0478. The predicted molar refractivity (Wildman–Crippen MR) is 121 cm³/mol. The van der Waals surface area contributed by atoms with Crippen molar-refractivity contribution in [2.24, 2.45) is 5.11 Å². The van der Waals surface area contributed by atoms with Crippen LogP contribution in [0.4, 0.5) is 5.82 Å². The minimum Gasteiger partial charge on any atom is -0.461 e. The second kappa shape index (κ2) is 12.2. The number of aromatic amines is 1. The van der Waals surface area contributed by atoms with Crippen LogP contribution < -0.4 is 26.4 Å². The number of carbonyl (C=O) groups is 1. The van der Waals surface area contributed by atoms with E-state index in [2.05, 4.69) is 30.3 Å². The van der Waals surface area contributed by atoms with Gasteiger partial charge in [0.2, 0.25) is 4.91 Å². The molecule has 0 saturated carbocycles. The molecule has 1 amide bonds. The van der Waals surface area contributed by atoms with Crippen LogP contribution in [0.1, 0.15) is 15.9 Å². The molecule has 0 saturated heterocycles. The Labute approximate surface area is 193 Å². The van der Waals surface area contributed by atoms with Crippen LogP contribution >= 0.6 is 0 Å². The van der Waals surface area contributed by atoms with Crippen molar-refractivity contribution in [1.29, 1.82) is 5.53 Å². The first-order chi connectivity index (χ1) is 16.5. The Morgan fingerprint density at radius 3 is 2.76 bits per heavy atom. The van der Waals surface area contributed by atoms with E-state index in [1.165, 1.54) is 4.57 Å². The first-order valence-electron chi connectivity index (χ1n) is 10.4. The zero-order valence-corrected chi connectivity index (χ0v) is 18.6. The summed E-state index contributed by atoms with van der Waals surface area (Å²) in [5.74, 6) is -0.145. The van der Waals surface area contributed by atoms with E-state index in [0.717, 1.165) is 5.56 Å². The molecule has 180 valence electrons. The topological polar surface area (TPSA) is 197 Å². The number of benzene rings is 1. The second-order valence-corrected chi connectivity index (χ2v) is 6.98. The predicted octanol–water partition coefficient (Wildman–Crippen LogP) is 0.0721. The first-order valence-corrected chi connectivity index (χ1v) is 10.4. The molecule has 0 unspecified atom stereocenters. The second-order valence-electron chi connectivity index (χ2n) is 6.98. The number of H-pyrrole nitrogens is 1. The third-order valence-corrected chi connectivity index (χ3v) is 4.64. The number of hydrogen-bond donors (Lipinski definition) is 4. The molecule has 34 heavy (non-hydrogen) atoms. The summed E-state index contributed by atoms with van der Waals surface area (Å²) in [6.45, 7) is 2.09. The third-order valence-electron chi connectivity index (χ3n) is 4.64. The maximum atomic E-state index is 12.5. The van der Waals surface area contributed by atoms with Crippen molar-refractivity contribution in [2.45, 2.75) is 6.54 Å². The Morgan fingerprint density at radius 2 is 2.03 bits per heavy atom. The van der Waals surface area contributed by atoms with Gasteiger partial charge >= 0.3 is 11.7 Å². The SMILES string of the molecule is COCCOc1nc(N)c2[nH]c(=O)n(Cc3ccc(C(=O)NCCOCCN=[N+]=N)cc3)c2n1. The molecular weight excluding hydrogens is 446 g/mol. The molecule has 0 aliphatic carbocycles. The molecule has 2 heterocycles. The number of nitrogen functional groups attached to an aromatic ring is 1. The fourth-order valence-electron chi connectivity index (χ4n) is 3.00. The Morgan fingerprint density at radius 1 is 1.24 bits per heavy atom. The molecule has 0 bridgehead atoms. The highest BCUT2D eigenvalue weighted by molar-refractivity contribution is 5.94. The smallest absolute Gasteiger partial charge is 0.328 e. The first kappa shape index (κ1) is 24.5. The molecule has 0 fully saturated rings. The van der Waals surface area contributed by atoms with Crippen LogP contribution in [0.2, 0.25) is 0 Å². The molecule has 0 aliphatic heterocycles. The van der Waals surface area contributed by atoms with Gasteiger partial charge in [-0.3, -0.25) is 9.36 Å². The average molecular weight is 472 g/mol. The Bertz CT molecular complexity index is 1220. The van der Waals surface area contributed by atoms with Crippen molar-refractivity contribution in [2.75, 3.05) is 52.4 Å². The standard InChI is InChI=1S/C20H25N9O5/c1-32-10-11-34-19-26-16(21)15-17(27-19)29(20(31)25-15)12-13-2-4-14(5-3-13)18(30)23-6-8-33-9-7-24-28-22/h2-5,21H,6-12H2,1H3,(H3,22,23,24,30)/p+1. The van der Waals surface area contributed by atoms with Crippen molar-refractivity contribution in [1.82, 2.24) is 29.7 Å². The average Bonchev–Trinajstić information content (AvgIpc) is 3.14. The van der Waals surface area contributed by atoms with Gasteiger partial charge in [-0.25, -0.2) is 4.79 Å². The number of ether oxygens (including phenoxy) is 3. The van der Waals surface area contributed by atoms with Gasteiger partial charge in [-0.15, -0.1) is 0 Å². The molecule has 3 aromatic rings. The fourth-order valence-corrected chi connectivity index (χ4v) is 3.00. The Kier molecular flexibility index (Phi) is 8.80. The number of hydrogen-bond acceptors (Lipinski definition) is 10. The van der Waals surface area contributed by atoms with Crippen LogP contribution in [0.15, 0.2) is 34.2 Å². The van der Waals surface area contributed by atoms with Crippen molar-refractivity contribution in [3.8, 4) is 6.01 Å². The lowest BCUT2D eigenvalue weighted by Crippen LogP contribution is -2.27. The number of rotatable bonds is 13. The number of methoxy groups -OCH3 is 1. The van der Waals surface area contributed by atoms with Crippen LogP contribution in [0, 0.1) is 5.53 Å². The van der Waals surface area contributed by atoms with E-state index in [9.17, 15) is 9.59 Å². The Hall–Kier alpha value is -4.13. The molecule has 3 rings (SSSR count). The van der Waals surface area contributed by atoms with E-state index in [0.29, 0.717) is 49.6 Å². The van der Waals surface area contributed by atoms with Crippen molar-refractivity contribution >= 4 is 22.9 Å². The van der Waals surface area contributed by atoms with Crippen LogP contribution in [0.5, 0.6) is 6.01 Å².